The van der Waals surface area contributed by atoms with E-state index in [0.29, 0.717) is 33.9 Å². The average Bonchev–Trinajstić information content (AvgIpc) is 3.20. The summed E-state index contributed by atoms with van der Waals surface area (Å²) in [6.45, 7) is 2.48. The Labute approximate surface area is 213 Å². The topological polar surface area (TPSA) is 87.7 Å². The molecule has 7 nitrogen and oxygen atoms in total. The summed E-state index contributed by atoms with van der Waals surface area (Å²) >= 11 is 5.96. The normalized spacial score (nSPS) is 17.0. The van der Waals surface area contributed by atoms with E-state index in [1.807, 2.05) is 6.92 Å². The number of nitrogens with one attached hydrogen (secondary N) is 2. The van der Waals surface area contributed by atoms with Gasteiger partial charge in [-0.25, -0.2) is 9.18 Å². The number of nitrogens with zero attached hydrogens (tertiary/aromatic N) is 1. The van der Waals surface area contributed by atoms with E-state index in [-0.39, 0.29) is 24.2 Å². The Kier molecular flexibility index (Phi) is 7.85. The first kappa shape index (κ1) is 25.2. The number of cyclic esters (lactones) is 1. The van der Waals surface area contributed by atoms with E-state index in [2.05, 4.69) is 10.6 Å². The SMILES string of the molecule is CCCNC(=O)C1C(c2ccc(NC(=O)c3cccc(Cl)c3)cc2)OC(=O)N1Cc1ccc(F)cc1. The number of halogens is 2. The van der Waals surface area contributed by atoms with Gasteiger partial charge in [-0.3, -0.25) is 14.5 Å². The van der Waals surface area contributed by atoms with Gasteiger partial charge in [-0.05, 0) is 60.0 Å². The van der Waals surface area contributed by atoms with Crippen LogP contribution in [0.15, 0.2) is 72.8 Å². The zero-order chi connectivity index (χ0) is 25.7. The molecule has 4 rings (SSSR count). The lowest BCUT2D eigenvalue weighted by molar-refractivity contribution is -0.126. The second-order valence-corrected chi connectivity index (χ2v) is 8.82. The molecule has 3 aromatic rings. The number of carbonyl (C=O) groups excluding carboxylic acids is 3. The van der Waals surface area contributed by atoms with Crippen LogP contribution in [-0.2, 0) is 16.1 Å². The van der Waals surface area contributed by atoms with Crippen molar-refractivity contribution in [1.29, 1.82) is 0 Å². The van der Waals surface area contributed by atoms with Gasteiger partial charge in [-0.15, -0.1) is 0 Å². The molecule has 3 amide bonds. The molecule has 186 valence electrons. The summed E-state index contributed by atoms with van der Waals surface area (Å²) in [5, 5.41) is 6.09. The molecule has 36 heavy (non-hydrogen) atoms. The van der Waals surface area contributed by atoms with E-state index in [4.69, 9.17) is 16.3 Å². The first-order valence-electron chi connectivity index (χ1n) is 11.5. The molecule has 2 N–H and O–H groups in total. The summed E-state index contributed by atoms with van der Waals surface area (Å²) in [5.41, 5.74) is 2.22. The highest BCUT2D eigenvalue weighted by Gasteiger charge is 2.46. The molecular weight excluding hydrogens is 485 g/mol. The van der Waals surface area contributed by atoms with Gasteiger partial charge in [0.05, 0.1) is 6.54 Å². The lowest BCUT2D eigenvalue weighted by Crippen LogP contribution is -2.46. The lowest BCUT2D eigenvalue weighted by Gasteiger charge is -2.24. The zero-order valence-electron chi connectivity index (χ0n) is 19.5. The molecule has 0 aliphatic carbocycles. The Hall–Kier alpha value is -3.91. The fraction of sp³-hybridized carbons (Fsp3) is 0.222. The molecule has 0 bridgehead atoms. The van der Waals surface area contributed by atoms with Gasteiger partial charge in [0.2, 0.25) is 5.91 Å². The molecule has 2 atom stereocenters. The minimum Gasteiger partial charge on any atom is -0.438 e. The Morgan fingerprint density at radius 1 is 1.06 bits per heavy atom. The fourth-order valence-corrected chi connectivity index (χ4v) is 4.13. The van der Waals surface area contributed by atoms with E-state index < -0.39 is 18.2 Å². The van der Waals surface area contributed by atoms with Crippen molar-refractivity contribution in [1.82, 2.24) is 10.2 Å². The van der Waals surface area contributed by atoms with Crippen LogP contribution in [0.1, 0.15) is 40.9 Å². The molecule has 1 aliphatic heterocycles. The highest BCUT2D eigenvalue weighted by Crippen LogP contribution is 2.34. The van der Waals surface area contributed by atoms with E-state index in [1.165, 1.54) is 17.0 Å². The first-order valence-corrected chi connectivity index (χ1v) is 11.9. The van der Waals surface area contributed by atoms with Crippen LogP contribution in [0.25, 0.3) is 0 Å². The summed E-state index contributed by atoms with van der Waals surface area (Å²) in [6, 6.07) is 18.2. The second kappa shape index (κ2) is 11.2. The maximum absolute atomic E-state index is 13.3. The van der Waals surface area contributed by atoms with Crippen molar-refractivity contribution in [3.8, 4) is 0 Å². The van der Waals surface area contributed by atoms with Crippen LogP contribution in [0.3, 0.4) is 0 Å². The van der Waals surface area contributed by atoms with Crippen LogP contribution >= 0.6 is 11.6 Å². The van der Waals surface area contributed by atoms with Crippen molar-refractivity contribution in [3.05, 3.63) is 100 Å². The maximum atomic E-state index is 13.3. The molecule has 1 saturated heterocycles. The zero-order valence-corrected chi connectivity index (χ0v) is 20.3. The third kappa shape index (κ3) is 5.83. The lowest BCUT2D eigenvalue weighted by atomic mass is 10.00. The monoisotopic (exact) mass is 509 g/mol. The maximum Gasteiger partial charge on any atom is 0.411 e. The van der Waals surface area contributed by atoms with Gasteiger partial charge >= 0.3 is 6.09 Å². The smallest absolute Gasteiger partial charge is 0.411 e. The Morgan fingerprint density at radius 3 is 2.44 bits per heavy atom. The van der Waals surface area contributed by atoms with Gasteiger partial charge < -0.3 is 15.4 Å². The standard InChI is InChI=1S/C27H25ClFN3O4/c1-2-14-30-26(34)23-24(36-27(35)32(23)16-17-6-10-21(29)11-7-17)18-8-12-22(13-9-18)31-25(33)19-4-3-5-20(28)15-19/h3-13,15,23-24H,2,14,16H2,1H3,(H,30,34)(H,31,33). The Bertz CT molecular complexity index is 1250. The van der Waals surface area contributed by atoms with Crippen molar-refractivity contribution in [2.45, 2.75) is 32.0 Å². The average molecular weight is 510 g/mol. The summed E-state index contributed by atoms with van der Waals surface area (Å²) in [4.78, 5) is 39.7. The summed E-state index contributed by atoms with van der Waals surface area (Å²) < 4.78 is 19.0. The molecule has 0 spiro atoms. The van der Waals surface area contributed by atoms with Gasteiger partial charge in [0, 0.05) is 22.8 Å². The number of amides is 3. The number of rotatable bonds is 8. The molecule has 9 heteroatoms. The number of ether oxygens (including phenoxy) is 1. The molecule has 1 heterocycles. The van der Waals surface area contributed by atoms with Gasteiger partial charge in [0.15, 0.2) is 12.1 Å². The fourth-order valence-electron chi connectivity index (χ4n) is 3.94. The molecule has 1 fully saturated rings. The van der Waals surface area contributed by atoms with Gasteiger partial charge in [0.25, 0.3) is 5.91 Å². The number of hydrogen-bond donors (Lipinski definition) is 2. The number of benzene rings is 3. The number of anilines is 1. The van der Waals surface area contributed by atoms with E-state index >= 15 is 0 Å². The Morgan fingerprint density at radius 2 is 1.78 bits per heavy atom. The number of hydrogen-bond acceptors (Lipinski definition) is 4. The van der Waals surface area contributed by atoms with Crippen LogP contribution < -0.4 is 10.6 Å². The largest absolute Gasteiger partial charge is 0.438 e. The molecular formula is C27H25ClFN3O4. The molecule has 1 aliphatic rings. The third-order valence-electron chi connectivity index (χ3n) is 5.75. The van der Waals surface area contributed by atoms with Crippen molar-refractivity contribution < 1.29 is 23.5 Å². The van der Waals surface area contributed by atoms with Crippen LogP contribution in [0.5, 0.6) is 0 Å². The molecule has 0 aromatic heterocycles. The van der Waals surface area contributed by atoms with Gasteiger partial charge in [-0.1, -0.05) is 48.9 Å². The molecule has 0 radical (unpaired) electrons. The van der Waals surface area contributed by atoms with Crippen molar-refractivity contribution >= 4 is 35.2 Å². The van der Waals surface area contributed by atoms with Crippen molar-refractivity contribution in [3.63, 3.8) is 0 Å². The highest BCUT2D eigenvalue weighted by atomic mass is 35.5. The summed E-state index contributed by atoms with van der Waals surface area (Å²) in [5.74, 6) is -1.05. The quantitative estimate of drug-likeness (QED) is 0.430. The predicted molar refractivity (Wildman–Crippen MR) is 134 cm³/mol. The van der Waals surface area contributed by atoms with Crippen LogP contribution in [0.4, 0.5) is 14.9 Å². The molecule has 0 saturated carbocycles. The van der Waals surface area contributed by atoms with Gasteiger partial charge in [-0.2, -0.15) is 0 Å². The minimum atomic E-state index is -0.916. The van der Waals surface area contributed by atoms with E-state index in [1.54, 1.807) is 60.7 Å². The molecule has 2 unspecified atom stereocenters. The van der Waals surface area contributed by atoms with Crippen molar-refractivity contribution in [2.24, 2.45) is 0 Å². The van der Waals surface area contributed by atoms with Crippen molar-refractivity contribution in [2.75, 3.05) is 11.9 Å². The van der Waals surface area contributed by atoms with E-state index in [0.717, 1.165) is 6.42 Å². The summed E-state index contributed by atoms with van der Waals surface area (Å²) in [6.07, 6.45) is -0.761. The van der Waals surface area contributed by atoms with Crippen LogP contribution in [-0.4, -0.2) is 35.4 Å². The third-order valence-corrected chi connectivity index (χ3v) is 5.99. The van der Waals surface area contributed by atoms with Gasteiger partial charge in [0.1, 0.15) is 5.82 Å². The minimum absolute atomic E-state index is 0.0909. The summed E-state index contributed by atoms with van der Waals surface area (Å²) in [7, 11) is 0. The second-order valence-electron chi connectivity index (χ2n) is 8.38. The molecule has 3 aromatic carbocycles. The number of carbonyl (C=O) groups is 3. The van der Waals surface area contributed by atoms with Crippen LogP contribution in [0.2, 0.25) is 5.02 Å². The van der Waals surface area contributed by atoms with E-state index in [9.17, 15) is 18.8 Å². The highest BCUT2D eigenvalue weighted by molar-refractivity contribution is 6.31. The van der Waals surface area contributed by atoms with Crippen LogP contribution in [0, 0.1) is 5.82 Å². The first-order chi connectivity index (χ1) is 17.4. The Balaban J connectivity index is 1.54. The predicted octanol–water partition coefficient (Wildman–Crippen LogP) is 5.32.